The van der Waals surface area contributed by atoms with E-state index in [1.807, 2.05) is 0 Å². The second kappa shape index (κ2) is 18.2. The lowest BCUT2D eigenvalue weighted by molar-refractivity contribution is -0.146. The van der Waals surface area contributed by atoms with Crippen molar-refractivity contribution < 1.29 is 61.9 Å². The number of hydrogen-bond donors (Lipinski definition) is 0. The molecule has 0 bridgehead atoms. The van der Waals surface area contributed by atoms with Crippen LogP contribution in [0.1, 0.15) is 32.7 Å². The number of rotatable bonds is 14. The van der Waals surface area contributed by atoms with Crippen LogP contribution in [0.25, 0.3) is 20.8 Å². The van der Waals surface area contributed by atoms with Gasteiger partial charge in [0.1, 0.15) is 33.3 Å². The van der Waals surface area contributed by atoms with E-state index in [0.29, 0.717) is 20.8 Å². The van der Waals surface area contributed by atoms with Gasteiger partial charge >= 0.3 is 30.2 Å². The molecule has 1 heterocycles. The Bertz CT molecular complexity index is 2190. The molecule has 55 heavy (non-hydrogen) atoms. The van der Waals surface area contributed by atoms with E-state index >= 15 is 0 Å². The summed E-state index contributed by atoms with van der Waals surface area (Å²) < 4.78 is 35.9. The Hall–Kier alpha value is -7.64. The van der Waals surface area contributed by atoms with E-state index in [4.69, 9.17) is 23.7 Å². The summed E-state index contributed by atoms with van der Waals surface area (Å²) in [5, 5.41) is 9.68. The standard InChI is InChI=1S/C39H26N2O13S/c1-3-27(42)19-20-48-38(46)51-28-13-9-25(10-14-28)36(44)53-30-17-18-31(34-33(30)41-35(55-34)24-7-5-23(21-40)6-8-24)54-37(45)26-11-15-29(16-12-26)52-39(47)50-22-49-32(43)4-2/h3-18H,1-2,19-20,22H2. The quantitative estimate of drug-likeness (QED) is 0.0363. The largest absolute Gasteiger partial charge is 0.516 e. The van der Waals surface area contributed by atoms with Crippen LogP contribution in [0.2, 0.25) is 0 Å². The minimum absolute atomic E-state index is 0.0259. The van der Waals surface area contributed by atoms with Gasteiger partial charge in [-0.1, -0.05) is 25.3 Å². The van der Waals surface area contributed by atoms with E-state index in [9.17, 15) is 34.0 Å². The molecule has 0 saturated carbocycles. The Morgan fingerprint density at radius 1 is 0.673 bits per heavy atom. The Labute approximate surface area is 315 Å². The predicted octanol–water partition coefficient (Wildman–Crippen LogP) is 7.14. The third-order valence-electron chi connectivity index (χ3n) is 7.06. The van der Waals surface area contributed by atoms with Crippen molar-refractivity contribution in [3.63, 3.8) is 0 Å². The van der Waals surface area contributed by atoms with Crippen molar-refractivity contribution in [2.75, 3.05) is 13.4 Å². The molecule has 1 aromatic heterocycles. The summed E-state index contributed by atoms with van der Waals surface area (Å²) in [6.07, 6.45) is -0.220. The highest BCUT2D eigenvalue weighted by molar-refractivity contribution is 7.22. The van der Waals surface area contributed by atoms with E-state index in [-0.39, 0.29) is 58.5 Å². The van der Waals surface area contributed by atoms with Crippen molar-refractivity contribution in [3.05, 3.63) is 127 Å². The maximum atomic E-state index is 13.2. The molecule has 4 aromatic carbocycles. The number of thiazole rings is 1. The van der Waals surface area contributed by atoms with Crippen LogP contribution in [-0.4, -0.2) is 54.4 Å². The number of carbonyl (C=O) groups is 6. The molecular formula is C39H26N2O13S. The lowest BCUT2D eigenvalue weighted by Gasteiger charge is -2.10. The number of carbonyl (C=O) groups excluding carboxylic acids is 6. The first kappa shape index (κ1) is 38.6. The van der Waals surface area contributed by atoms with Crippen LogP contribution >= 0.6 is 11.3 Å². The number of nitrogens with zero attached hydrogens (tertiary/aromatic N) is 2. The number of benzene rings is 4. The molecule has 0 atom stereocenters. The first-order valence-electron chi connectivity index (χ1n) is 15.8. The maximum Gasteiger partial charge on any atom is 0.516 e. The minimum Gasteiger partial charge on any atom is -0.434 e. The SMILES string of the molecule is C=CC(=O)CCOC(=O)Oc1ccc(C(=O)Oc2ccc(OC(=O)c3ccc(OC(=O)OCOC(=O)C=C)cc3)c3sc(-c4ccc(C#N)cc4)nc23)cc1. The van der Waals surface area contributed by atoms with Gasteiger partial charge in [-0.05, 0) is 78.9 Å². The zero-order valence-corrected chi connectivity index (χ0v) is 29.2. The third kappa shape index (κ3) is 10.5. The number of esters is 3. The monoisotopic (exact) mass is 762 g/mol. The van der Waals surface area contributed by atoms with Gasteiger partial charge < -0.3 is 33.2 Å². The highest BCUT2D eigenvalue weighted by Gasteiger charge is 2.21. The molecule has 0 saturated heterocycles. The smallest absolute Gasteiger partial charge is 0.434 e. The Morgan fingerprint density at radius 2 is 1.24 bits per heavy atom. The van der Waals surface area contributed by atoms with Crippen LogP contribution in [0.15, 0.2) is 110 Å². The number of nitriles is 1. The third-order valence-corrected chi connectivity index (χ3v) is 8.18. The fourth-order valence-corrected chi connectivity index (χ4v) is 5.39. The van der Waals surface area contributed by atoms with Gasteiger partial charge in [-0.15, -0.1) is 11.3 Å². The zero-order chi connectivity index (χ0) is 39.3. The molecule has 0 aliphatic heterocycles. The molecule has 16 heteroatoms. The summed E-state index contributed by atoms with van der Waals surface area (Å²) >= 11 is 1.14. The van der Waals surface area contributed by atoms with Crippen molar-refractivity contribution in [3.8, 4) is 39.6 Å². The lowest BCUT2D eigenvalue weighted by atomic mass is 10.1. The summed E-state index contributed by atoms with van der Waals surface area (Å²) in [6, 6.07) is 22.3. The molecular weight excluding hydrogens is 736 g/mol. The van der Waals surface area contributed by atoms with Gasteiger partial charge in [-0.2, -0.15) is 5.26 Å². The van der Waals surface area contributed by atoms with Gasteiger partial charge in [0.25, 0.3) is 0 Å². The van der Waals surface area contributed by atoms with Crippen molar-refractivity contribution in [2.24, 2.45) is 0 Å². The van der Waals surface area contributed by atoms with Gasteiger partial charge in [0.05, 0.1) is 22.8 Å². The Kier molecular flexibility index (Phi) is 12.8. The highest BCUT2D eigenvalue weighted by Crippen LogP contribution is 2.41. The molecule has 15 nitrogen and oxygen atoms in total. The van der Waals surface area contributed by atoms with Crippen LogP contribution in [-0.2, 0) is 23.8 Å². The van der Waals surface area contributed by atoms with Crippen LogP contribution in [0.5, 0.6) is 23.0 Å². The van der Waals surface area contributed by atoms with Crippen LogP contribution in [0.3, 0.4) is 0 Å². The van der Waals surface area contributed by atoms with Gasteiger partial charge in [-0.3, -0.25) is 4.79 Å². The zero-order valence-electron chi connectivity index (χ0n) is 28.4. The van der Waals surface area contributed by atoms with Crippen molar-refractivity contribution in [1.29, 1.82) is 5.26 Å². The first-order chi connectivity index (χ1) is 26.6. The van der Waals surface area contributed by atoms with Crippen LogP contribution in [0, 0.1) is 11.3 Å². The molecule has 276 valence electrons. The van der Waals surface area contributed by atoms with Crippen molar-refractivity contribution in [2.45, 2.75) is 6.42 Å². The highest BCUT2D eigenvalue weighted by atomic mass is 32.1. The van der Waals surface area contributed by atoms with Gasteiger partial charge in [-0.25, -0.2) is 29.0 Å². The van der Waals surface area contributed by atoms with Crippen LogP contribution < -0.4 is 18.9 Å². The van der Waals surface area contributed by atoms with E-state index in [0.717, 1.165) is 23.5 Å². The maximum absolute atomic E-state index is 13.2. The minimum atomic E-state index is -1.15. The molecule has 0 aliphatic rings. The normalized spacial score (nSPS) is 10.2. The number of ether oxygens (including phenoxy) is 7. The molecule has 0 unspecified atom stereocenters. The van der Waals surface area contributed by atoms with Crippen molar-refractivity contribution in [1.82, 2.24) is 4.98 Å². The molecule has 5 rings (SSSR count). The van der Waals surface area contributed by atoms with Gasteiger partial charge in [0.15, 0.2) is 17.3 Å². The fraction of sp³-hybridized carbons (Fsp3) is 0.0769. The predicted molar refractivity (Wildman–Crippen MR) is 193 cm³/mol. The molecule has 0 aliphatic carbocycles. The number of fused-ring (bicyclic) bond motifs is 1. The summed E-state index contributed by atoms with van der Waals surface area (Å²) in [5.41, 5.74) is 1.46. The Morgan fingerprint density at radius 3 is 1.80 bits per heavy atom. The number of aromatic nitrogens is 1. The lowest BCUT2D eigenvalue weighted by Crippen LogP contribution is -2.15. The molecule has 0 fully saturated rings. The average molecular weight is 763 g/mol. The first-order valence-corrected chi connectivity index (χ1v) is 16.6. The van der Waals surface area contributed by atoms with E-state index in [1.165, 1.54) is 60.7 Å². The summed E-state index contributed by atoms with van der Waals surface area (Å²) in [5.74, 6) is -2.40. The van der Waals surface area contributed by atoms with Crippen molar-refractivity contribution >= 4 is 57.6 Å². The Balaban J connectivity index is 1.31. The average Bonchev–Trinajstić information content (AvgIpc) is 3.65. The summed E-state index contributed by atoms with van der Waals surface area (Å²) in [7, 11) is 0. The number of ketones is 1. The number of hydrogen-bond acceptors (Lipinski definition) is 16. The van der Waals surface area contributed by atoms with Gasteiger partial charge in [0.2, 0.25) is 6.79 Å². The fourth-order valence-electron chi connectivity index (χ4n) is 4.35. The summed E-state index contributed by atoms with van der Waals surface area (Å²) in [4.78, 5) is 77.2. The van der Waals surface area contributed by atoms with E-state index in [1.54, 1.807) is 24.3 Å². The molecule has 0 spiro atoms. The number of allylic oxidation sites excluding steroid dienone is 1. The second-order valence-electron chi connectivity index (χ2n) is 10.7. The summed E-state index contributed by atoms with van der Waals surface area (Å²) in [6.45, 7) is 5.68. The molecule has 0 N–H and O–H groups in total. The second-order valence-corrected chi connectivity index (χ2v) is 11.7. The van der Waals surface area contributed by atoms with Gasteiger partial charge in [0, 0.05) is 18.1 Å². The molecule has 5 aromatic rings. The molecule has 0 radical (unpaired) electrons. The van der Waals surface area contributed by atoms with E-state index in [2.05, 4.69) is 33.7 Å². The van der Waals surface area contributed by atoms with E-state index < -0.39 is 37.0 Å². The topological polar surface area (TPSA) is 204 Å². The molecule has 0 amide bonds. The van der Waals surface area contributed by atoms with Crippen LogP contribution in [0.4, 0.5) is 9.59 Å².